The largest absolute Gasteiger partial charge is 0.494 e. The second-order valence-corrected chi connectivity index (χ2v) is 5.75. The molecule has 0 bridgehead atoms. The fourth-order valence-electron chi connectivity index (χ4n) is 2.83. The maximum Gasteiger partial charge on any atom is 0.272 e. The minimum atomic E-state index is -0.348. The number of carbonyl (C=O) groups excluding carboxylic acids is 1. The number of amides is 1. The molecule has 1 fully saturated rings. The highest BCUT2D eigenvalue weighted by Crippen LogP contribution is 2.19. The van der Waals surface area contributed by atoms with Crippen LogP contribution in [0.1, 0.15) is 16.1 Å². The molecule has 6 heteroatoms. The summed E-state index contributed by atoms with van der Waals surface area (Å²) in [7, 11) is 1.45. The molecule has 2 aromatic rings. The van der Waals surface area contributed by atoms with Crippen molar-refractivity contribution in [2.24, 2.45) is 0 Å². The Hall–Kier alpha value is -2.47. The molecule has 0 radical (unpaired) electrons. The van der Waals surface area contributed by atoms with Crippen LogP contribution in [0.3, 0.4) is 0 Å². The maximum atomic E-state index is 13.8. The van der Waals surface area contributed by atoms with Gasteiger partial charge in [0.2, 0.25) is 0 Å². The first-order valence-corrected chi connectivity index (χ1v) is 7.92. The van der Waals surface area contributed by atoms with E-state index < -0.39 is 0 Å². The van der Waals surface area contributed by atoms with Crippen molar-refractivity contribution >= 4 is 5.91 Å². The average molecular weight is 329 g/mol. The maximum absolute atomic E-state index is 13.8. The van der Waals surface area contributed by atoms with Crippen LogP contribution in [0.25, 0.3) is 0 Å². The van der Waals surface area contributed by atoms with Crippen LogP contribution in [0.4, 0.5) is 4.39 Å². The van der Waals surface area contributed by atoms with Gasteiger partial charge >= 0.3 is 0 Å². The quantitative estimate of drug-likeness (QED) is 0.863. The molecule has 1 aliphatic rings. The van der Waals surface area contributed by atoms with Crippen molar-refractivity contribution in [2.45, 2.75) is 6.54 Å². The first-order chi connectivity index (χ1) is 11.7. The zero-order chi connectivity index (χ0) is 16.9. The van der Waals surface area contributed by atoms with Crippen molar-refractivity contribution in [2.75, 3.05) is 33.3 Å². The van der Waals surface area contributed by atoms with E-state index in [0.717, 1.165) is 18.7 Å². The minimum Gasteiger partial charge on any atom is -0.494 e. The van der Waals surface area contributed by atoms with E-state index in [9.17, 15) is 9.18 Å². The van der Waals surface area contributed by atoms with E-state index in [1.807, 2.05) is 17.0 Å². The minimum absolute atomic E-state index is 0.0364. The van der Waals surface area contributed by atoms with Gasteiger partial charge in [0.05, 0.1) is 7.11 Å². The van der Waals surface area contributed by atoms with E-state index >= 15 is 0 Å². The van der Waals surface area contributed by atoms with Crippen LogP contribution in [0.5, 0.6) is 5.75 Å². The van der Waals surface area contributed by atoms with Crippen LogP contribution < -0.4 is 4.74 Å². The third-order valence-corrected chi connectivity index (χ3v) is 4.17. The Labute approximate surface area is 140 Å². The second-order valence-electron chi connectivity index (χ2n) is 5.75. The standard InChI is InChI=1S/C18H20FN3O2/c1-24-17-6-5-14(12-15(17)19)13-21-8-10-22(11-9-21)18(23)16-4-2-3-7-20-16/h2-7,12H,8-11,13H2,1H3. The number of piperazine rings is 1. The van der Waals surface area contributed by atoms with Crippen LogP contribution in [-0.4, -0.2) is 54.0 Å². The smallest absolute Gasteiger partial charge is 0.272 e. The third-order valence-electron chi connectivity index (χ3n) is 4.17. The lowest BCUT2D eigenvalue weighted by Gasteiger charge is -2.34. The molecule has 2 heterocycles. The summed E-state index contributed by atoms with van der Waals surface area (Å²) in [5.41, 5.74) is 1.38. The molecule has 5 nitrogen and oxygen atoms in total. The molecule has 0 unspecified atom stereocenters. The van der Waals surface area contributed by atoms with Gasteiger partial charge in [0, 0.05) is 38.9 Å². The van der Waals surface area contributed by atoms with Gasteiger partial charge in [0.15, 0.2) is 11.6 Å². The van der Waals surface area contributed by atoms with Gasteiger partial charge in [-0.2, -0.15) is 0 Å². The highest BCUT2D eigenvalue weighted by Gasteiger charge is 2.22. The Kier molecular flexibility index (Phi) is 5.05. The third kappa shape index (κ3) is 3.71. The first-order valence-electron chi connectivity index (χ1n) is 7.92. The lowest BCUT2D eigenvalue weighted by molar-refractivity contribution is 0.0622. The highest BCUT2D eigenvalue weighted by molar-refractivity contribution is 5.92. The SMILES string of the molecule is COc1ccc(CN2CCN(C(=O)c3ccccn3)CC2)cc1F. The zero-order valence-corrected chi connectivity index (χ0v) is 13.6. The Morgan fingerprint density at radius 2 is 2.00 bits per heavy atom. The number of methoxy groups -OCH3 is 1. The molecule has 24 heavy (non-hydrogen) atoms. The summed E-state index contributed by atoms with van der Waals surface area (Å²) in [4.78, 5) is 20.5. The van der Waals surface area contributed by atoms with Gasteiger partial charge in [-0.25, -0.2) is 4.39 Å². The van der Waals surface area contributed by atoms with E-state index in [4.69, 9.17) is 4.74 Å². The molecule has 1 aromatic carbocycles. The van der Waals surface area contributed by atoms with Crippen LogP contribution in [0, 0.1) is 5.82 Å². The van der Waals surface area contributed by atoms with E-state index in [0.29, 0.717) is 25.3 Å². The number of carbonyl (C=O) groups is 1. The second kappa shape index (κ2) is 7.40. The summed E-state index contributed by atoms with van der Waals surface area (Å²) < 4.78 is 18.7. The fourth-order valence-corrected chi connectivity index (χ4v) is 2.83. The van der Waals surface area contributed by atoms with E-state index in [-0.39, 0.29) is 17.5 Å². The molecule has 0 spiro atoms. The Morgan fingerprint density at radius 3 is 2.62 bits per heavy atom. The van der Waals surface area contributed by atoms with E-state index in [2.05, 4.69) is 9.88 Å². The summed E-state index contributed by atoms with van der Waals surface area (Å²) in [6, 6.07) is 10.4. The van der Waals surface area contributed by atoms with Gasteiger partial charge in [0.1, 0.15) is 5.69 Å². The lowest BCUT2D eigenvalue weighted by atomic mass is 10.1. The lowest BCUT2D eigenvalue weighted by Crippen LogP contribution is -2.48. The summed E-state index contributed by atoms with van der Waals surface area (Å²) in [5.74, 6) is -0.130. The molecule has 3 rings (SSSR count). The molecule has 126 valence electrons. The van der Waals surface area contributed by atoms with Gasteiger partial charge in [0.25, 0.3) is 5.91 Å². The van der Waals surface area contributed by atoms with Gasteiger partial charge in [-0.3, -0.25) is 14.7 Å². The summed E-state index contributed by atoms with van der Waals surface area (Å²) >= 11 is 0. The number of halogens is 1. The van der Waals surface area contributed by atoms with Crippen molar-refractivity contribution in [1.82, 2.24) is 14.8 Å². The fraction of sp³-hybridized carbons (Fsp3) is 0.333. The molecule has 0 saturated carbocycles. The topological polar surface area (TPSA) is 45.7 Å². The Morgan fingerprint density at radius 1 is 1.21 bits per heavy atom. The number of pyridine rings is 1. The van der Waals surface area contributed by atoms with Crippen LogP contribution in [0.2, 0.25) is 0 Å². The van der Waals surface area contributed by atoms with Crippen molar-refractivity contribution in [1.29, 1.82) is 0 Å². The van der Waals surface area contributed by atoms with Crippen LogP contribution in [-0.2, 0) is 6.54 Å². The molecule has 1 aliphatic heterocycles. The molecule has 1 saturated heterocycles. The molecule has 1 aromatic heterocycles. The monoisotopic (exact) mass is 329 g/mol. The number of hydrogen-bond acceptors (Lipinski definition) is 4. The summed E-state index contributed by atoms with van der Waals surface area (Å²) in [6.07, 6.45) is 1.63. The number of hydrogen-bond donors (Lipinski definition) is 0. The predicted octanol–water partition coefficient (Wildman–Crippen LogP) is 2.19. The Bertz CT molecular complexity index is 701. The normalized spacial score (nSPS) is 15.3. The molecular weight excluding hydrogens is 309 g/mol. The zero-order valence-electron chi connectivity index (χ0n) is 13.6. The number of nitrogens with zero attached hydrogens (tertiary/aromatic N) is 3. The van der Waals surface area contributed by atoms with Crippen molar-refractivity contribution in [3.63, 3.8) is 0 Å². The number of aromatic nitrogens is 1. The van der Waals surface area contributed by atoms with E-state index in [1.54, 1.807) is 24.4 Å². The van der Waals surface area contributed by atoms with Crippen LogP contribution >= 0.6 is 0 Å². The van der Waals surface area contributed by atoms with Gasteiger partial charge < -0.3 is 9.64 Å². The highest BCUT2D eigenvalue weighted by atomic mass is 19.1. The Balaban J connectivity index is 1.55. The number of ether oxygens (including phenoxy) is 1. The molecule has 0 aliphatic carbocycles. The summed E-state index contributed by atoms with van der Waals surface area (Å²) in [6.45, 7) is 3.47. The van der Waals surface area contributed by atoms with Gasteiger partial charge in [-0.1, -0.05) is 12.1 Å². The molecule has 0 atom stereocenters. The predicted molar refractivity (Wildman–Crippen MR) is 88.4 cm³/mol. The van der Waals surface area contributed by atoms with Crippen molar-refractivity contribution in [3.05, 3.63) is 59.7 Å². The molecule has 1 amide bonds. The van der Waals surface area contributed by atoms with Crippen molar-refractivity contribution in [3.8, 4) is 5.75 Å². The van der Waals surface area contributed by atoms with Crippen LogP contribution in [0.15, 0.2) is 42.6 Å². The molecular formula is C18H20FN3O2. The van der Waals surface area contributed by atoms with Gasteiger partial charge in [-0.15, -0.1) is 0 Å². The summed E-state index contributed by atoms with van der Waals surface area (Å²) in [5, 5.41) is 0. The first kappa shape index (κ1) is 16.4. The average Bonchev–Trinajstić information content (AvgIpc) is 2.63. The van der Waals surface area contributed by atoms with Gasteiger partial charge in [-0.05, 0) is 29.8 Å². The molecule has 0 N–H and O–H groups in total. The van der Waals surface area contributed by atoms with E-state index in [1.165, 1.54) is 13.2 Å². The number of benzene rings is 1. The van der Waals surface area contributed by atoms with Crippen molar-refractivity contribution < 1.29 is 13.9 Å². The number of rotatable bonds is 4.